The molecule has 0 unspecified atom stereocenters. The predicted molar refractivity (Wildman–Crippen MR) is 75.4 cm³/mol. The number of hydrogen-bond donors (Lipinski definition) is 1. The van der Waals surface area contributed by atoms with Gasteiger partial charge in [0.1, 0.15) is 0 Å². The van der Waals surface area contributed by atoms with Crippen LogP contribution in [0, 0.1) is 0 Å². The average Bonchev–Trinajstić information content (AvgIpc) is 2.91. The molecule has 0 aliphatic rings. The standard InChI is InChI=1S/C13H13NO2S.ClH/c1-16-13(15)10-6-3-2-5-9(10)12(14)11-7-4-8-17-11;/h2-8,12H,14H2,1H3;1H/t12-;/m0./s1. The highest BCUT2D eigenvalue weighted by Crippen LogP contribution is 2.26. The number of esters is 1. The van der Waals surface area contributed by atoms with Gasteiger partial charge in [-0.3, -0.25) is 0 Å². The highest BCUT2D eigenvalue weighted by Gasteiger charge is 2.18. The third-order valence-corrected chi connectivity index (χ3v) is 3.51. The van der Waals surface area contributed by atoms with E-state index in [0.717, 1.165) is 10.4 Å². The second-order valence-electron chi connectivity index (χ2n) is 3.57. The number of halogens is 1. The molecule has 96 valence electrons. The maximum atomic E-state index is 11.6. The van der Waals surface area contributed by atoms with Crippen LogP contribution in [-0.4, -0.2) is 13.1 Å². The van der Waals surface area contributed by atoms with Crippen molar-refractivity contribution in [3.63, 3.8) is 0 Å². The summed E-state index contributed by atoms with van der Waals surface area (Å²) in [6, 6.07) is 10.9. The Labute approximate surface area is 116 Å². The molecular weight excluding hydrogens is 270 g/mol. The Balaban J connectivity index is 0.00000162. The Hall–Kier alpha value is -1.36. The van der Waals surface area contributed by atoms with Crippen molar-refractivity contribution in [1.82, 2.24) is 0 Å². The molecule has 1 aromatic carbocycles. The van der Waals surface area contributed by atoms with Gasteiger partial charge >= 0.3 is 5.97 Å². The van der Waals surface area contributed by atoms with Gasteiger partial charge in [0, 0.05) is 4.88 Å². The molecule has 1 atom stereocenters. The van der Waals surface area contributed by atoms with Gasteiger partial charge in [-0.05, 0) is 23.1 Å². The van der Waals surface area contributed by atoms with Gasteiger partial charge in [-0.25, -0.2) is 4.79 Å². The minimum Gasteiger partial charge on any atom is -0.465 e. The first kappa shape index (κ1) is 14.7. The highest BCUT2D eigenvalue weighted by atomic mass is 35.5. The second kappa shape index (κ2) is 6.54. The molecule has 0 bridgehead atoms. The molecule has 2 aromatic rings. The lowest BCUT2D eigenvalue weighted by Gasteiger charge is -2.13. The molecule has 0 amide bonds. The third kappa shape index (κ3) is 2.90. The minimum absolute atomic E-state index is 0. The van der Waals surface area contributed by atoms with E-state index in [0.29, 0.717) is 5.56 Å². The lowest BCUT2D eigenvalue weighted by atomic mass is 10.00. The van der Waals surface area contributed by atoms with Crippen molar-refractivity contribution < 1.29 is 9.53 Å². The van der Waals surface area contributed by atoms with E-state index in [9.17, 15) is 4.79 Å². The molecule has 0 saturated heterocycles. The van der Waals surface area contributed by atoms with Gasteiger partial charge in [0.25, 0.3) is 0 Å². The summed E-state index contributed by atoms with van der Waals surface area (Å²) in [4.78, 5) is 12.7. The van der Waals surface area contributed by atoms with Crippen LogP contribution in [0.5, 0.6) is 0 Å². The van der Waals surface area contributed by atoms with E-state index in [-0.39, 0.29) is 24.4 Å². The molecule has 1 heterocycles. The van der Waals surface area contributed by atoms with Crippen molar-refractivity contribution in [2.24, 2.45) is 5.73 Å². The van der Waals surface area contributed by atoms with Gasteiger partial charge < -0.3 is 10.5 Å². The minimum atomic E-state index is -0.354. The molecule has 0 aliphatic carbocycles. The number of carbonyl (C=O) groups excluding carboxylic acids is 1. The van der Waals surface area contributed by atoms with Crippen molar-refractivity contribution in [2.45, 2.75) is 6.04 Å². The summed E-state index contributed by atoms with van der Waals surface area (Å²) < 4.78 is 4.75. The maximum Gasteiger partial charge on any atom is 0.338 e. The Kier molecular flexibility index (Phi) is 5.34. The van der Waals surface area contributed by atoms with Crippen molar-refractivity contribution in [2.75, 3.05) is 7.11 Å². The fraction of sp³-hybridized carbons (Fsp3) is 0.154. The van der Waals surface area contributed by atoms with Crippen LogP contribution in [0.4, 0.5) is 0 Å². The molecule has 0 radical (unpaired) electrons. The van der Waals surface area contributed by atoms with Crippen molar-refractivity contribution in [3.8, 4) is 0 Å². The van der Waals surface area contributed by atoms with E-state index in [2.05, 4.69) is 0 Å². The van der Waals surface area contributed by atoms with Crippen LogP contribution < -0.4 is 5.73 Å². The molecule has 2 rings (SSSR count). The topological polar surface area (TPSA) is 52.3 Å². The molecule has 2 N–H and O–H groups in total. The molecular formula is C13H14ClNO2S. The van der Waals surface area contributed by atoms with Crippen LogP contribution >= 0.6 is 23.7 Å². The van der Waals surface area contributed by atoms with E-state index < -0.39 is 0 Å². The number of thiophene rings is 1. The van der Waals surface area contributed by atoms with E-state index in [1.807, 2.05) is 29.6 Å². The van der Waals surface area contributed by atoms with Crippen LogP contribution in [-0.2, 0) is 4.74 Å². The third-order valence-electron chi connectivity index (χ3n) is 2.55. The summed E-state index contributed by atoms with van der Waals surface area (Å²) >= 11 is 1.58. The summed E-state index contributed by atoms with van der Waals surface area (Å²) in [7, 11) is 1.37. The Morgan fingerprint density at radius 3 is 2.61 bits per heavy atom. The molecule has 18 heavy (non-hydrogen) atoms. The van der Waals surface area contributed by atoms with Crippen LogP contribution in [0.2, 0.25) is 0 Å². The predicted octanol–water partition coefficient (Wildman–Crippen LogP) is 3.00. The number of rotatable bonds is 3. The van der Waals surface area contributed by atoms with E-state index in [1.54, 1.807) is 23.5 Å². The zero-order valence-electron chi connectivity index (χ0n) is 9.83. The van der Waals surface area contributed by atoms with E-state index in [1.165, 1.54) is 7.11 Å². The van der Waals surface area contributed by atoms with Gasteiger partial charge in [-0.2, -0.15) is 0 Å². The van der Waals surface area contributed by atoms with Crippen molar-refractivity contribution in [3.05, 3.63) is 57.8 Å². The summed E-state index contributed by atoms with van der Waals surface area (Å²) in [5, 5.41) is 1.97. The van der Waals surface area contributed by atoms with Crippen molar-refractivity contribution >= 4 is 29.7 Å². The Bertz CT molecular complexity index is 513. The Morgan fingerprint density at radius 2 is 2.00 bits per heavy atom. The lowest BCUT2D eigenvalue weighted by Crippen LogP contribution is -2.15. The van der Waals surface area contributed by atoms with Crippen LogP contribution in [0.25, 0.3) is 0 Å². The summed E-state index contributed by atoms with van der Waals surface area (Å²) in [6.45, 7) is 0. The van der Waals surface area contributed by atoms with Gasteiger partial charge in [0.2, 0.25) is 0 Å². The van der Waals surface area contributed by atoms with E-state index >= 15 is 0 Å². The number of nitrogens with two attached hydrogens (primary N) is 1. The lowest BCUT2D eigenvalue weighted by molar-refractivity contribution is 0.0599. The molecule has 0 fully saturated rings. The molecule has 1 aromatic heterocycles. The second-order valence-corrected chi connectivity index (χ2v) is 4.55. The fourth-order valence-electron chi connectivity index (χ4n) is 1.69. The largest absolute Gasteiger partial charge is 0.465 e. The number of carbonyl (C=O) groups is 1. The van der Waals surface area contributed by atoms with Gasteiger partial charge in [0.05, 0.1) is 18.7 Å². The van der Waals surface area contributed by atoms with Crippen LogP contribution in [0.1, 0.15) is 26.8 Å². The monoisotopic (exact) mass is 283 g/mol. The Morgan fingerprint density at radius 1 is 1.28 bits per heavy atom. The maximum absolute atomic E-state index is 11.6. The number of methoxy groups -OCH3 is 1. The smallest absolute Gasteiger partial charge is 0.338 e. The number of ether oxygens (including phenoxy) is 1. The summed E-state index contributed by atoms with van der Waals surface area (Å²) in [5.41, 5.74) is 7.47. The zero-order valence-corrected chi connectivity index (χ0v) is 11.5. The number of hydrogen-bond acceptors (Lipinski definition) is 4. The normalized spacial score (nSPS) is 11.4. The molecule has 5 heteroatoms. The van der Waals surface area contributed by atoms with Crippen molar-refractivity contribution in [1.29, 1.82) is 0 Å². The van der Waals surface area contributed by atoms with Gasteiger partial charge in [-0.15, -0.1) is 23.7 Å². The molecule has 0 saturated carbocycles. The first-order chi connectivity index (χ1) is 8.24. The molecule has 0 aliphatic heterocycles. The van der Waals surface area contributed by atoms with Crippen LogP contribution in [0.3, 0.4) is 0 Å². The average molecular weight is 284 g/mol. The summed E-state index contributed by atoms with van der Waals surface area (Å²) in [5.74, 6) is -0.354. The molecule has 0 spiro atoms. The first-order valence-corrected chi connectivity index (χ1v) is 6.08. The van der Waals surface area contributed by atoms with E-state index in [4.69, 9.17) is 10.5 Å². The molecule has 3 nitrogen and oxygen atoms in total. The highest BCUT2D eigenvalue weighted by molar-refractivity contribution is 7.10. The SMILES string of the molecule is COC(=O)c1ccccc1[C@H](N)c1cccs1.Cl. The quantitative estimate of drug-likeness (QED) is 0.881. The van der Waals surface area contributed by atoms with Crippen LogP contribution in [0.15, 0.2) is 41.8 Å². The zero-order chi connectivity index (χ0) is 12.3. The first-order valence-electron chi connectivity index (χ1n) is 5.20. The summed E-state index contributed by atoms with van der Waals surface area (Å²) in [6.07, 6.45) is 0. The fourth-order valence-corrected chi connectivity index (χ4v) is 2.43. The number of benzene rings is 1. The van der Waals surface area contributed by atoms with Gasteiger partial charge in [0.15, 0.2) is 0 Å². The van der Waals surface area contributed by atoms with Gasteiger partial charge in [-0.1, -0.05) is 24.3 Å².